The molecule has 3 atom stereocenters. The molecule has 0 aliphatic carbocycles. The lowest BCUT2D eigenvalue weighted by Gasteiger charge is -2.36. The highest BCUT2D eigenvalue weighted by Crippen LogP contribution is 2.45. The summed E-state index contributed by atoms with van der Waals surface area (Å²) >= 11 is 6.38. The SMILES string of the molecule is CC[C@H](C)NC(=O)c1ccccc1N1C(=O)[C@@H]2Cc3c([nH]c4ccccc34)[C@@H](c3cccc(Cl)c3)N2C1=O. The highest BCUT2D eigenvalue weighted by Gasteiger charge is 2.53. The van der Waals surface area contributed by atoms with Gasteiger partial charge in [0.15, 0.2) is 0 Å². The van der Waals surface area contributed by atoms with Gasteiger partial charge in [-0.1, -0.05) is 61.0 Å². The Morgan fingerprint density at radius 3 is 2.63 bits per heavy atom. The van der Waals surface area contributed by atoms with Gasteiger partial charge in [0.25, 0.3) is 11.8 Å². The number of amides is 4. The Kier molecular flexibility index (Phi) is 5.95. The van der Waals surface area contributed by atoms with Gasteiger partial charge in [-0.3, -0.25) is 14.5 Å². The molecule has 38 heavy (non-hydrogen) atoms. The number of anilines is 1. The molecule has 2 aliphatic rings. The van der Waals surface area contributed by atoms with Gasteiger partial charge in [-0.15, -0.1) is 0 Å². The fourth-order valence-corrected chi connectivity index (χ4v) is 5.78. The number of benzene rings is 3. The molecule has 0 spiro atoms. The van der Waals surface area contributed by atoms with Crippen LogP contribution < -0.4 is 10.2 Å². The van der Waals surface area contributed by atoms with E-state index in [4.69, 9.17) is 11.6 Å². The van der Waals surface area contributed by atoms with Gasteiger partial charge in [0.05, 0.1) is 11.3 Å². The minimum Gasteiger partial charge on any atom is -0.356 e. The molecule has 192 valence electrons. The third-order valence-electron chi connectivity index (χ3n) is 7.59. The van der Waals surface area contributed by atoms with Crippen LogP contribution in [-0.2, 0) is 11.2 Å². The average Bonchev–Trinajstić information content (AvgIpc) is 3.41. The van der Waals surface area contributed by atoms with Gasteiger partial charge in [0, 0.05) is 34.1 Å². The summed E-state index contributed by atoms with van der Waals surface area (Å²) in [5.41, 5.74) is 4.22. The number of hydrogen-bond donors (Lipinski definition) is 2. The van der Waals surface area contributed by atoms with E-state index in [1.54, 1.807) is 35.2 Å². The predicted octanol–water partition coefficient (Wildman–Crippen LogP) is 5.83. The Morgan fingerprint density at radius 2 is 1.84 bits per heavy atom. The van der Waals surface area contributed by atoms with Gasteiger partial charge in [-0.2, -0.15) is 0 Å². The van der Waals surface area contributed by atoms with Crippen molar-refractivity contribution in [3.8, 4) is 0 Å². The zero-order valence-electron chi connectivity index (χ0n) is 21.1. The number of aromatic amines is 1. The van der Waals surface area contributed by atoms with E-state index in [0.717, 1.165) is 34.1 Å². The van der Waals surface area contributed by atoms with Gasteiger partial charge in [-0.25, -0.2) is 9.69 Å². The summed E-state index contributed by atoms with van der Waals surface area (Å²) in [6.45, 7) is 3.90. The first-order chi connectivity index (χ1) is 18.4. The number of halogens is 1. The Bertz CT molecular complexity index is 1600. The van der Waals surface area contributed by atoms with Crippen LogP contribution in [0.1, 0.15) is 53.5 Å². The summed E-state index contributed by atoms with van der Waals surface area (Å²) in [7, 11) is 0. The maximum atomic E-state index is 14.1. The molecule has 1 fully saturated rings. The molecule has 8 heteroatoms. The van der Waals surface area contributed by atoms with Crippen molar-refractivity contribution in [2.24, 2.45) is 0 Å². The van der Waals surface area contributed by atoms with Gasteiger partial charge in [0.2, 0.25) is 0 Å². The molecule has 4 aromatic rings. The lowest BCUT2D eigenvalue weighted by Crippen LogP contribution is -2.44. The number of para-hydroxylation sites is 2. The summed E-state index contributed by atoms with van der Waals surface area (Å²) in [6.07, 6.45) is 1.14. The second-order valence-corrected chi connectivity index (χ2v) is 10.3. The second kappa shape index (κ2) is 9.33. The zero-order chi connectivity index (χ0) is 26.6. The second-order valence-electron chi connectivity index (χ2n) is 9.90. The highest BCUT2D eigenvalue weighted by atomic mass is 35.5. The summed E-state index contributed by atoms with van der Waals surface area (Å²) in [5, 5.41) is 4.53. The van der Waals surface area contributed by atoms with Crippen molar-refractivity contribution in [3.05, 3.63) is 100 Å². The van der Waals surface area contributed by atoms with E-state index in [1.807, 2.05) is 56.3 Å². The van der Waals surface area contributed by atoms with E-state index < -0.39 is 18.1 Å². The lowest BCUT2D eigenvalue weighted by molar-refractivity contribution is -0.120. The van der Waals surface area contributed by atoms with Crippen LogP contribution in [0.5, 0.6) is 0 Å². The molecule has 2 aliphatic heterocycles. The van der Waals surface area contributed by atoms with Gasteiger partial charge in [0.1, 0.15) is 12.1 Å². The molecule has 0 saturated carbocycles. The Labute approximate surface area is 225 Å². The molecule has 0 bridgehead atoms. The first-order valence-electron chi connectivity index (χ1n) is 12.8. The summed E-state index contributed by atoms with van der Waals surface area (Å²) in [4.78, 5) is 47.6. The number of urea groups is 1. The van der Waals surface area contributed by atoms with Crippen molar-refractivity contribution < 1.29 is 14.4 Å². The van der Waals surface area contributed by atoms with Crippen molar-refractivity contribution in [2.75, 3.05) is 4.90 Å². The fourth-order valence-electron chi connectivity index (χ4n) is 5.58. The minimum atomic E-state index is -0.719. The number of H-pyrrole nitrogens is 1. The molecule has 7 nitrogen and oxygen atoms in total. The van der Waals surface area contributed by atoms with E-state index in [2.05, 4.69) is 10.3 Å². The van der Waals surface area contributed by atoms with Crippen LogP contribution in [0.4, 0.5) is 10.5 Å². The number of fused-ring (bicyclic) bond motifs is 4. The topological polar surface area (TPSA) is 85.5 Å². The third-order valence-corrected chi connectivity index (χ3v) is 7.83. The standard InChI is InChI=1S/C30H27ClN4O3/c1-3-17(2)32-28(36)21-12-5-7-14-24(21)35-29(37)25-16-22-20-11-4-6-13-23(20)33-26(22)27(34(25)30(35)38)18-9-8-10-19(31)15-18/h4-15,17,25,27,33H,3,16H2,1-2H3,(H,32,36)/t17-,25-,27+/m0/s1. The monoisotopic (exact) mass is 526 g/mol. The van der Waals surface area contributed by atoms with Gasteiger partial charge in [-0.05, 0) is 54.8 Å². The van der Waals surface area contributed by atoms with Crippen LogP contribution in [0.3, 0.4) is 0 Å². The predicted molar refractivity (Wildman–Crippen MR) is 147 cm³/mol. The fraction of sp³-hybridized carbons (Fsp3) is 0.233. The molecule has 4 amide bonds. The maximum Gasteiger partial charge on any atom is 0.332 e. The summed E-state index contributed by atoms with van der Waals surface area (Å²) < 4.78 is 0. The molecule has 0 radical (unpaired) electrons. The van der Waals surface area contributed by atoms with Crippen LogP contribution in [0, 0.1) is 0 Å². The van der Waals surface area contributed by atoms with E-state index in [9.17, 15) is 14.4 Å². The van der Waals surface area contributed by atoms with E-state index in [-0.39, 0.29) is 29.1 Å². The van der Waals surface area contributed by atoms with Crippen LogP contribution in [0.25, 0.3) is 10.9 Å². The van der Waals surface area contributed by atoms with Crippen LogP contribution in [0.15, 0.2) is 72.8 Å². The lowest BCUT2D eigenvalue weighted by atomic mass is 9.89. The Balaban J connectivity index is 1.48. The smallest absolute Gasteiger partial charge is 0.332 e. The molecule has 1 aromatic heterocycles. The van der Waals surface area contributed by atoms with E-state index in [1.165, 1.54) is 4.90 Å². The molecule has 6 rings (SSSR count). The van der Waals surface area contributed by atoms with Gasteiger partial charge < -0.3 is 10.3 Å². The van der Waals surface area contributed by atoms with Crippen LogP contribution in [0.2, 0.25) is 5.02 Å². The summed E-state index contributed by atoms with van der Waals surface area (Å²) in [5.74, 6) is -0.662. The molecular weight excluding hydrogens is 500 g/mol. The normalized spacial score (nSPS) is 19.4. The number of carbonyl (C=O) groups excluding carboxylic acids is 3. The Morgan fingerprint density at radius 1 is 1.08 bits per heavy atom. The number of carbonyl (C=O) groups is 3. The quantitative estimate of drug-likeness (QED) is 0.321. The zero-order valence-corrected chi connectivity index (χ0v) is 21.8. The number of imide groups is 1. The van der Waals surface area contributed by atoms with Crippen LogP contribution >= 0.6 is 11.6 Å². The number of rotatable bonds is 5. The molecule has 2 N–H and O–H groups in total. The average molecular weight is 527 g/mol. The third kappa shape index (κ3) is 3.77. The first kappa shape index (κ1) is 24.2. The van der Waals surface area contributed by atoms with Crippen molar-refractivity contribution in [1.82, 2.24) is 15.2 Å². The molecule has 1 saturated heterocycles. The van der Waals surface area contributed by atoms with Crippen molar-refractivity contribution >= 4 is 46.0 Å². The van der Waals surface area contributed by atoms with Crippen molar-refractivity contribution in [1.29, 1.82) is 0 Å². The van der Waals surface area contributed by atoms with E-state index >= 15 is 0 Å². The number of aromatic nitrogens is 1. The molecule has 0 unspecified atom stereocenters. The number of hydrogen-bond acceptors (Lipinski definition) is 3. The molecule has 3 aromatic carbocycles. The van der Waals surface area contributed by atoms with E-state index in [0.29, 0.717) is 11.4 Å². The largest absolute Gasteiger partial charge is 0.356 e. The summed E-state index contributed by atoms with van der Waals surface area (Å²) in [6, 6.07) is 20.3. The maximum absolute atomic E-state index is 14.1. The first-order valence-corrected chi connectivity index (χ1v) is 13.2. The highest BCUT2D eigenvalue weighted by molar-refractivity contribution is 6.30. The van der Waals surface area contributed by atoms with Crippen LogP contribution in [-0.4, -0.2) is 39.8 Å². The number of nitrogens with one attached hydrogen (secondary N) is 2. The van der Waals surface area contributed by atoms with Gasteiger partial charge >= 0.3 is 6.03 Å². The minimum absolute atomic E-state index is 0.0441. The van der Waals surface area contributed by atoms with Crippen molar-refractivity contribution in [3.63, 3.8) is 0 Å². The number of nitrogens with zero attached hydrogens (tertiary/aromatic N) is 2. The molecular formula is C30H27ClN4O3. The van der Waals surface area contributed by atoms with Crippen molar-refractivity contribution in [2.45, 2.75) is 44.8 Å². The Hall–Kier alpha value is -4.10. The molecule has 3 heterocycles.